The van der Waals surface area contributed by atoms with Gasteiger partial charge in [0, 0.05) is 6.61 Å². The summed E-state index contributed by atoms with van der Waals surface area (Å²) >= 11 is 9.32. The molecule has 18 heavy (non-hydrogen) atoms. The molecular weight excluding hydrogens is 318 g/mol. The number of carbonyl (C=O) groups is 1. The third-order valence-corrected chi connectivity index (χ3v) is 4.31. The quantitative estimate of drug-likeness (QED) is 0.908. The second-order valence-corrected chi connectivity index (χ2v) is 5.54. The van der Waals surface area contributed by atoms with Crippen molar-refractivity contribution >= 4 is 39.1 Å². The first kappa shape index (κ1) is 13.8. The SMILES string of the molecule is O=C(CC1CCCCO1)Nc1cccc(Cl)c1Br. The average molecular weight is 333 g/mol. The molecular formula is C13H15BrClNO2. The highest BCUT2D eigenvalue weighted by atomic mass is 79.9. The van der Waals surface area contributed by atoms with E-state index in [-0.39, 0.29) is 12.0 Å². The molecule has 1 aliphatic rings. The maximum atomic E-state index is 11.9. The Morgan fingerprint density at radius 3 is 3.06 bits per heavy atom. The molecule has 1 aromatic rings. The zero-order chi connectivity index (χ0) is 13.0. The summed E-state index contributed by atoms with van der Waals surface area (Å²) in [6, 6.07) is 5.39. The summed E-state index contributed by atoms with van der Waals surface area (Å²) in [6.45, 7) is 0.763. The fourth-order valence-corrected chi connectivity index (χ4v) is 2.51. The molecule has 1 aromatic carbocycles. The molecule has 2 rings (SSSR count). The molecule has 0 bridgehead atoms. The molecule has 0 spiro atoms. The fraction of sp³-hybridized carbons (Fsp3) is 0.462. The predicted octanol–water partition coefficient (Wildman–Crippen LogP) is 4.00. The number of hydrogen-bond donors (Lipinski definition) is 1. The van der Waals surface area contributed by atoms with Crippen LogP contribution in [-0.4, -0.2) is 18.6 Å². The number of carbonyl (C=O) groups excluding carboxylic acids is 1. The fourth-order valence-electron chi connectivity index (χ4n) is 1.98. The van der Waals surface area contributed by atoms with Crippen LogP contribution in [-0.2, 0) is 9.53 Å². The zero-order valence-corrected chi connectivity index (χ0v) is 12.3. The van der Waals surface area contributed by atoms with E-state index >= 15 is 0 Å². The highest BCUT2D eigenvalue weighted by Crippen LogP contribution is 2.30. The van der Waals surface area contributed by atoms with E-state index in [1.165, 1.54) is 0 Å². The van der Waals surface area contributed by atoms with Crippen molar-refractivity contribution in [2.45, 2.75) is 31.8 Å². The van der Waals surface area contributed by atoms with Gasteiger partial charge in [0.15, 0.2) is 0 Å². The number of nitrogens with one attached hydrogen (secondary N) is 1. The molecule has 1 heterocycles. The van der Waals surface area contributed by atoms with Crippen molar-refractivity contribution in [2.24, 2.45) is 0 Å². The van der Waals surface area contributed by atoms with Gasteiger partial charge >= 0.3 is 0 Å². The average Bonchev–Trinajstić information content (AvgIpc) is 2.36. The Hall–Kier alpha value is -0.580. The molecule has 1 saturated heterocycles. The number of hydrogen-bond acceptors (Lipinski definition) is 2. The van der Waals surface area contributed by atoms with Crippen LogP contribution in [0.3, 0.4) is 0 Å². The van der Waals surface area contributed by atoms with Crippen molar-refractivity contribution in [1.82, 2.24) is 0 Å². The first-order chi connectivity index (χ1) is 8.66. The van der Waals surface area contributed by atoms with E-state index in [0.29, 0.717) is 21.6 Å². The Balaban J connectivity index is 1.92. The van der Waals surface area contributed by atoms with E-state index in [1.54, 1.807) is 12.1 Å². The Morgan fingerprint density at radius 2 is 2.33 bits per heavy atom. The van der Waals surface area contributed by atoms with Crippen molar-refractivity contribution in [1.29, 1.82) is 0 Å². The molecule has 5 heteroatoms. The number of ether oxygens (including phenoxy) is 1. The molecule has 0 aromatic heterocycles. The Labute approximate surface area is 120 Å². The lowest BCUT2D eigenvalue weighted by molar-refractivity contribution is -0.119. The molecule has 98 valence electrons. The summed E-state index contributed by atoms with van der Waals surface area (Å²) < 4.78 is 6.25. The minimum atomic E-state index is -0.0372. The summed E-state index contributed by atoms with van der Waals surface area (Å²) in [5, 5.41) is 3.43. The van der Waals surface area contributed by atoms with Gasteiger partial charge in [-0.25, -0.2) is 0 Å². The molecule has 0 aliphatic carbocycles. The molecule has 1 amide bonds. The van der Waals surface area contributed by atoms with Crippen LogP contribution in [0.15, 0.2) is 22.7 Å². The Bertz CT molecular complexity index is 433. The van der Waals surface area contributed by atoms with Crippen LogP contribution >= 0.6 is 27.5 Å². The highest BCUT2D eigenvalue weighted by molar-refractivity contribution is 9.10. The summed E-state index contributed by atoms with van der Waals surface area (Å²) in [4.78, 5) is 11.9. The summed E-state index contributed by atoms with van der Waals surface area (Å²) in [5.74, 6) is -0.0372. The van der Waals surface area contributed by atoms with Gasteiger partial charge in [-0.1, -0.05) is 17.7 Å². The van der Waals surface area contributed by atoms with Gasteiger partial charge in [0.1, 0.15) is 0 Å². The molecule has 0 radical (unpaired) electrons. The van der Waals surface area contributed by atoms with Gasteiger partial charge in [-0.2, -0.15) is 0 Å². The second kappa shape index (κ2) is 6.55. The zero-order valence-electron chi connectivity index (χ0n) is 9.92. The van der Waals surface area contributed by atoms with Crippen LogP contribution < -0.4 is 5.32 Å². The summed E-state index contributed by atoms with van der Waals surface area (Å²) in [5.41, 5.74) is 0.698. The topological polar surface area (TPSA) is 38.3 Å². The van der Waals surface area contributed by atoms with Crippen molar-refractivity contribution in [2.75, 3.05) is 11.9 Å². The van der Waals surface area contributed by atoms with E-state index in [0.717, 1.165) is 25.9 Å². The molecule has 1 atom stereocenters. The van der Waals surface area contributed by atoms with E-state index in [9.17, 15) is 4.79 Å². The molecule has 0 saturated carbocycles. The van der Waals surface area contributed by atoms with Crippen molar-refractivity contribution in [3.63, 3.8) is 0 Å². The van der Waals surface area contributed by atoms with E-state index < -0.39 is 0 Å². The third-order valence-electron chi connectivity index (χ3n) is 2.91. The lowest BCUT2D eigenvalue weighted by Crippen LogP contribution is -2.25. The van der Waals surface area contributed by atoms with Crippen LogP contribution in [0.5, 0.6) is 0 Å². The number of rotatable bonds is 3. The highest BCUT2D eigenvalue weighted by Gasteiger charge is 2.18. The molecule has 1 N–H and O–H groups in total. The largest absolute Gasteiger partial charge is 0.378 e. The van der Waals surface area contributed by atoms with Crippen molar-refractivity contribution in [3.05, 3.63) is 27.7 Å². The van der Waals surface area contributed by atoms with Crippen molar-refractivity contribution < 1.29 is 9.53 Å². The molecule has 1 unspecified atom stereocenters. The van der Waals surface area contributed by atoms with Gasteiger partial charge in [-0.15, -0.1) is 0 Å². The number of halogens is 2. The first-order valence-electron chi connectivity index (χ1n) is 6.02. The Kier molecular flexibility index (Phi) is 5.03. The van der Waals surface area contributed by atoms with E-state index in [1.807, 2.05) is 6.07 Å². The monoisotopic (exact) mass is 331 g/mol. The van der Waals surface area contributed by atoms with E-state index in [2.05, 4.69) is 21.2 Å². The molecule has 1 fully saturated rings. The smallest absolute Gasteiger partial charge is 0.227 e. The van der Waals surface area contributed by atoms with Gasteiger partial charge in [0.2, 0.25) is 5.91 Å². The van der Waals surface area contributed by atoms with Gasteiger partial charge < -0.3 is 10.1 Å². The van der Waals surface area contributed by atoms with Gasteiger partial charge in [0.25, 0.3) is 0 Å². The molecule has 1 aliphatic heterocycles. The first-order valence-corrected chi connectivity index (χ1v) is 7.19. The summed E-state index contributed by atoms with van der Waals surface area (Å²) in [6.07, 6.45) is 3.65. The van der Waals surface area contributed by atoms with Gasteiger partial charge in [0.05, 0.1) is 27.7 Å². The predicted molar refractivity (Wildman–Crippen MR) is 76.0 cm³/mol. The third kappa shape index (κ3) is 3.70. The number of amides is 1. The van der Waals surface area contributed by atoms with Crippen LogP contribution in [0.2, 0.25) is 5.02 Å². The maximum absolute atomic E-state index is 11.9. The van der Waals surface area contributed by atoms with Gasteiger partial charge in [-0.3, -0.25) is 4.79 Å². The minimum Gasteiger partial charge on any atom is -0.378 e. The number of anilines is 1. The number of benzene rings is 1. The second-order valence-electron chi connectivity index (χ2n) is 4.34. The van der Waals surface area contributed by atoms with Crippen LogP contribution in [0.1, 0.15) is 25.7 Å². The summed E-state index contributed by atoms with van der Waals surface area (Å²) in [7, 11) is 0. The van der Waals surface area contributed by atoms with E-state index in [4.69, 9.17) is 16.3 Å². The van der Waals surface area contributed by atoms with Crippen LogP contribution in [0.4, 0.5) is 5.69 Å². The lowest BCUT2D eigenvalue weighted by Gasteiger charge is -2.22. The lowest BCUT2D eigenvalue weighted by atomic mass is 10.1. The van der Waals surface area contributed by atoms with Crippen LogP contribution in [0.25, 0.3) is 0 Å². The maximum Gasteiger partial charge on any atom is 0.227 e. The van der Waals surface area contributed by atoms with Crippen LogP contribution in [0, 0.1) is 0 Å². The standard InChI is InChI=1S/C13H15BrClNO2/c14-13-10(15)5-3-6-11(13)16-12(17)8-9-4-1-2-7-18-9/h3,5-6,9H,1-2,4,7-8H2,(H,16,17). The van der Waals surface area contributed by atoms with Crippen molar-refractivity contribution in [3.8, 4) is 0 Å². The van der Waals surface area contributed by atoms with Gasteiger partial charge in [-0.05, 0) is 47.3 Å². The minimum absolute atomic E-state index is 0.0372. The normalized spacial score (nSPS) is 19.6. The molecule has 3 nitrogen and oxygen atoms in total. The Morgan fingerprint density at radius 1 is 1.50 bits per heavy atom.